The zero-order valence-corrected chi connectivity index (χ0v) is 11.0. The molecule has 1 N–H and O–H groups in total. The summed E-state index contributed by atoms with van der Waals surface area (Å²) in [6, 6.07) is 4.92. The van der Waals surface area contributed by atoms with E-state index in [4.69, 9.17) is 0 Å². The normalized spacial score (nSPS) is 18.4. The van der Waals surface area contributed by atoms with Crippen molar-refractivity contribution in [1.82, 2.24) is 4.90 Å². The molecule has 1 aromatic carbocycles. The van der Waals surface area contributed by atoms with Crippen LogP contribution in [-0.4, -0.2) is 35.4 Å². The molecule has 1 aromatic rings. The van der Waals surface area contributed by atoms with Crippen molar-refractivity contribution in [3.63, 3.8) is 0 Å². The van der Waals surface area contributed by atoms with E-state index in [9.17, 15) is 14.9 Å². The van der Waals surface area contributed by atoms with E-state index >= 15 is 0 Å². The number of nitro benzene ring substituents is 1. The second-order valence-corrected chi connectivity index (χ2v) is 4.70. The second-order valence-electron chi connectivity index (χ2n) is 4.70. The molecule has 0 radical (unpaired) electrons. The summed E-state index contributed by atoms with van der Waals surface area (Å²) in [6.45, 7) is 2.64. The van der Waals surface area contributed by atoms with Crippen LogP contribution < -0.4 is 5.32 Å². The Kier molecular flexibility index (Phi) is 3.69. The zero-order chi connectivity index (χ0) is 14.0. The van der Waals surface area contributed by atoms with Crippen molar-refractivity contribution in [2.45, 2.75) is 25.8 Å². The van der Waals surface area contributed by atoms with E-state index < -0.39 is 4.92 Å². The highest BCUT2D eigenvalue weighted by Gasteiger charge is 2.31. The molecule has 0 aliphatic carbocycles. The Bertz CT molecular complexity index is 516. The predicted molar refractivity (Wildman–Crippen MR) is 72.4 cm³/mol. The lowest BCUT2D eigenvalue weighted by Gasteiger charge is -2.21. The van der Waals surface area contributed by atoms with E-state index in [1.54, 1.807) is 24.1 Å². The number of nitro groups is 1. The fourth-order valence-electron chi connectivity index (χ4n) is 2.50. The van der Waals surface area contributed by atoms with Gasteiger partial charge in [-0.3, -0.25) is 14.9 Å². The molecule has 0 aromatic heterocycles. The first-order chi connectivity index (χ1) is 9.06. The molecular weight excluding hydrogens is 246 g/mol. The maximum Gasteiger partial charge on any atom is 0.305 e. The van der Waals surface area contributed by atoms with Gasteiger partial charge in [0.2, 0.25) is 0 Å². The minimum Gasteiger partial charge on any atom is -0.383 e. The Hall–Kier alpha value is -2.11. The van der Waals surface area contributed by atoms with Crippen LogP contribution in [0.4, 0.5) is 11.4 Å². The number of amides is 1. The van der Waals surface area contributed by atoms with E-state index in [2.05, 4.69) is 5.32 Å². The number of hydrogen-bond donors (Lipinski definition) is 1. The monoisotopic (exact) mass is 263 g/mol. The molecule has 1 unspecified atom stereocenters. The summed E-state index contributed by atoms with van der Waals surface area (Å²) in [5, 5.41) is 14.0. The summed E-state index contributed by atoms with van der Waals surface area (Å²) in [4.78, 5) is 24.9. The number of para-hydroxylation sites is 1. The molecule has 6 heteroatoms. The first kappa shape index (κ1) is 13.3. The van der Waals surface area contributed by atoms with Crippen LogP contribution in [0.1, 0.15) is 30.1 Å². The van der Waals surface area contributed by atoms with Gasteiger partial charge >= 0.3 is 5.69 Å². The van der Waals surface area contributed by atoms with Crippen molar-refractivity contribution in [3.8, 4) is 0 Å². The summed E-state index contributed by atoms with van der Waals surface area (Å²) in [5.41, 5.74) is 0.377. The molecule has 6 nitrogen and oxygen atoms in total. The van der Waals surface area contributed by atoms with Gasteiger partial charge in [0.15, 0.2) is 0 Å². The Morgan fingerprint density at radius 1 is 1.53 bits per heavy atom. The first-order valence-corrected chi connectivity index (χ1v) is 6.32. The fraction of sp³-hybridized carbons (Fsp3) is 0.462. The molecule has 2 rings (SSSR count). The van der Waals surface area contributed by atoms with E-state index in [-0.39, 0.29) is 23.2 Å². The van der Waals surface area contributed by atoms with Gasteiger partial charge in [-0.2, -0.15) is 0 Å². The Morgan fingerprint density at radius 2 is 2.26 bits per heavy atom. The smallest absolute Gasteiger partial charge is 0.305 e. The minimum absolute atomic E-state index is 0.144. The molecule has 1 amide bonds. The summed E-state index contributed by atoms with van der Waals surface area (Å²) >= 11 is 0. The maximum atomic E-state index is 12.4. The highest BCUT2D eigenvalue weighted by atomic mass is 16.6. The topological polar surface area (TPSA) is 75.5 Å². The van der Waals surface area contributed by atoms with Crippen molar-refractivity contribution in [2.24, 2.45) is 0 Å². The number of nitrogens with zero attached hydrogens (tertiary/aromatic N) is 2. The molecular formula is C13H17N3O3. The molecule has 1 fully saturated rings. The summed E-state index contributed by atoms with van der Waals surface area (Å²) < 4.78 is 0. The van der Waals surface area contributed by atoms with Crippen molar-refractivity contribution in [2.75, 3.05) is 18.9 Å². The molecule has 0 spiro atoms. The number of rotatable bonds is 3. The number of nitrogens with one attached hydrogen (secondary N) is 1. The lowest BCUT2D eigenvalue weighted by Crippen LogP contribution is -2.34. The lowest BCUT2D eigenvalue weighted by atomic mass is 10.1. The van der Waals surface area contributed by atoms with Gasteiger partial charge in [0.1, 0.15) is 11.3 Å². The van der Waals surface area contributed by atoms with E-state index in [1.165, 1.54) is 6.07 Å². The Morgan fingerprint density at radius 3 is 2.79 bits per heavy atom. The third-order valence-electron chi connectivity index (χ3n) is 3.53. The van der Waals surface area contributed by atoms with Crippen LogP contribution in [0.15, 0.2) is 18.2 Å². The van der Waals surface area contributed by atoms with E-state index in [1.807, 2.05) is 6.92 Å². The number of carbonyl (C=O) groups is 1. The van der Waals surface area contributed by atoms with Crippen LogP contribution in [0.25, 0.3) is 0 Å². The number of anilines is 1. The average Bonchev–Trinajstić information content (AvgIpc) is 2.83. The number of carbonyl (C=O) groups excluding carboxylic acids is 1. The van der Waals surface area contributed by atoms with Gasteiger partial charge in [0.05, 0.1) is 4.92 Å². The quantitative estimate of drug-likeness (QED) is 0.670. The molecule has 1 aliphatic rings. The summed E-state index contributed by atoms with van der Waals surface area (Å²) in [5.74, 6) is -0.256. The largest absolute Gasteiger partial charge is 0.383 e. The van der Waals surface area contributed by atoms with Gasteiger partial charge in [-0.15, -0.1) is 0 Å². The maximum absolute atomic E-state index is 12.4. The van der Waals surface area contributed by atoms with Gasteiger partial charge in [-0.1, -0.05) is 6.07 Å². The van der Waals surface area contributed by atoms with Crippen LogP contribution in [0.2, 0.25) is 0 Å². The standard InChI is InChI=1S/C13H17N3O3/c1-9-5-4-8-15(9)13(17)10-6-3-7-11(14-2)12(10)16(18)19/h3,6-7,9,14H,4-5,8H2,1-2H3. The highest BCUT2D eigenvalue weighted by Crippen LogP contribution is 2.31. The average molecular weight is 263 g/mol. The Balaban J connectivity index is 2.44. The van der Waals surface area contributed by atoms with Crippen LogP contribution in [-0.2, 0) is 0 Å². The second kappa shape index (κ2) is 5.26. The zero-order valence-electron chi connectivity index (χ0n) is 11.0. The summed E-state index contributed by atoms with van der Waals surface area (Å²) in [7, 11) is 1.61. The molecule has 1 heterocycles. The minimum atomic E-state index is -0.500. The van der Waals surface area contributed by atoms with Crippen molar-refractivity contribution in [3.05, 3.63) is 33.9 Å². The van der Waals surface area contributed by atoms with Gasteiger partial charge in [0.25, 0.3) is 5.91 Å². The number of benzene rings is 1. The van der Waals surface area contributed by atoms with Crippen LogP contribution in [0.3, 0.4) is 0 Å². The van der Waals surface area contributed by atoms with Gasteiger partial charge in [0, 0.05) is 19.6 Å². The highest BCUT2D eigenvalue weighted by molar-refractivity contribution is 6.00. The number of likely N-dealkylation sites (tertiary alicyclic amines) is 1. The van der Waals surface area contributed by atoms with Crippen LogP contribution in [0, 0.1) is 10.1 Å². The molecule has 0 saturated carbocycles. The van der Waals surface area contributed by atoms with Crippen LogP contribution in [0.5, 0.6) is 0 Å². The summed E-state index contributed by atoms with van der Waals surface area (Å²) in [6.07, 6.45) is 1.90. The molecule has 0 bridgehead atoms. The van der Waals surface area contributed by atoms with Gasteiger partial charge in [-0.25, -0.2) is 0 Å². The Labute approximate surface area is 111 Å². The lowest BCUT2D eigenvalue weighted by molar-refractivity contribution is -0.384. The molecule has 1 aliphatic heterocycles. The van der Waals surface area contributed by atoms with E-state index in [0.29, 0.717) is 12.2 Å². The molecule has 19 heavy (non-hydrogen) atoms. The van der Waals surface area contributed by atoms with Crippen molar-refractivity contribution in [1.29, 1.82) is 0 Å². The predicted octanol–water partition coefficient (Wildman–Crippen LogP) is 2.26. The third-order valence-corrected chi connectivity index (χ3v) is 3.53. The van der Waals surface area contributed by atoms with Crippen molar-refractivity contribution < 1.29 is 9.72 Å². The van der Waals surface area contributed by atoms with Gasteiger partial charge in [-0.05, 0) is 31.9 Å². The van der Waals surface area contributed by atoms with Crippen LogP contribution >= 0.6 is 0 Å². The molecule has 1 saturated heterocycles. The molecule has 1 atom stereocenters. The first-order valence-electron chi connectivity index (χ1n) is 6.32. The van der Waals surface area contributed by atoms with E-state index in [0.717, 1.165) is 12.8 Å². The molecule has 102 valence electrons. The third kappa shape index (κ3) is 2.38. The SMILES string of the molecule is CNc1cccc(C(=O)N2CCCC2C)c1[N+](=O)[O-]. The number of hydrogen-bond acceptors (Lipinski definition) is 4. The fourth-order valence-corrected chi connectivity index (χ4v) is 2.50. The van der Waals surface area contributed by atoms with Gasteiger partial charge < -0.3 is 10.2 Å². The van der Waals surface area contributed by atoms with Crippen molar-refractivity contribution >= 4 is 17.3 Å².